The van der Waals surface area contributed by atoms with E-state index in [0.717, 1.165) is 33.5 Å². The zero-order valence-electron chi connectivity index (χ0n) is 29.4. The summed E-state index contributed by atoms with van der Waals surface area (Å²) in [6.07, 6.45) is 6.62. The van der Waals surface area contributed by atoms with E-state index in [-0.39, 0.29) is 0 Å². The average Bonchev–Trinajstić information content (AvgIpc) is 3.58. The number of pyridine rings is 1. The molecule has 0 radical (unpaired) electrons. The molecule has 0 bridgehead atoms. The van der Waals surface area contributed by atoms with Crippen LogP contribution in [-0.4, -0.2) is 9.55 Å². The molecule has 54 heavy (non-hydrogen) atoms. The Morgan fingerprint density at radius 3 is 1.76 bits per heavy atom. The van der Waals surface area contributed by atoms with E-state index in [1.807, 2.05) is 12.3 Å². The van der Waals surface area contributed by atoms with Gasteiger partial charge < -0.3 is 9.47 Å². The van der Waals surface area contributed by atoms with Crippen LogP contribution in [-0.2, 0) is 0 Å². The first-order valence-corrected chi connectivity index (χ1v) is 18.5. The second-order valence-corrected chi connectivity index (χ2v) is 14.0. The van der Waals surface area contributed by atoms with Gasteiger partial charge in [-0.05, 0) is 87.3 Å². The largest absolute Gasteiger partial charge is 0.309 e. The standard InChI is InChI=1S/C51H33N3/c1-3-16-38(17-4-1)53(39-18-5-2-6-19-39)51-44-22-10-8-20-41(44)43(42-21-9-11-23-45(42)51)29-26-34-30-37-28-27-35-15-13-25-47-49(35)50(37)48(31-34)54(47)40-32-36-14-7-12-24-46(36)52-33-40/h1-33H/b29-26+. The summed E-state index contributed by atoms with van der Waals surface area (Å²) in [7, 11) is 0. The maximum absolute atomic E-state index is 4.87. The first kappa shape index (κ1) is 30.4. The highest BCUT2D eigenvalue weighted by molar-refractivity contribution is 6.25. The van der Waals surface area contributed by atoms with Gasteiger partial charge in [-0.2, -0.15) is 0 Å². The fourth-order valence-electron chi connectivity index (χ4n) is 8.57. The van der Waals surface area contributed by atoms with Gasteiger partial charge in [0.1, 0.15) is 0 Å². The van der Waals surface area contributed by atoms with E-state index in [1.54, 1.807) is 0 Å². The molecular weight excluding hydrogens is 655 g/mol. The lowest BCUT2D eigenvalue weighted by Gasteiger charge is -2.29. The van der Waals surface area contributed by atoms with Crippen LogP contribution in [0.5, 0.6) is 0 Å². The highest BCUT2D eigenvalue weighted by Crippen LogP contribution is 2.46. The van der Waals surface area contributed by atoms with Gasteiger partial charge in [-0.15, -0.1) is 0 Å². The minimum Gasteiger partial charge on any atom is -0.309 e. The van der Waals surface area contributed by atoms with Gasteiger partial charge in [-0.1, -0.05) is 140 Å². The fraction of sp³-hybridized carbons (Fsp3) is 0. The summed E-state index contributed by atoms with van der Waals surface area (Å²) in [5.41, 5.74) is 10.2. The lowest BCUT2D eigenvalue weighted by atomic mass is 9.92. The number of para-hydroxylation sites is 3. The zero-order chi connectivity index (χ0) is 35.6. The molecule has 0 unspecified atom stereocenters. The molecule has 0 aliphatic rings. The molecule has 9 aromatic carbocycles. The molecule has 3 nitrogen and oxygen atoms in total. The van der Waals surface area contributed by atoms with Crippen molar-refractivity contribution in [3.63, 3.8) is 0 Å². The summed E-state index contributed by atoms with van der Waals surface area (Å²) >= 11 is 0. The van der Waals surface area contributed by atoms with E-state index in [9.17, 15) is 0 Å². The number of fused-ring (bicyclic) bond motifs is 3. The Labute approximate surface area is 312 Å². The molecule has 0 amide bonds. The van der Waals surface area contributed by atoms with Crippen molar-refractivity contribution >= 4 is 94.2 Å². The van der Waals surface area contributed by atoms with Crippen LogP contribution in [0.4, 0.5) is 17.1 Å². The third kappa shape index (κ3) is 4.72. The Morgan fingerprint density at radius 2 is 1.04 bits per heavy atom. The predicted molar refractivity (Wildman–Crippen MR) is 230 cm³/mol. The molecule has 0 N–H and O–H groups in total. The first-order valence-electron chi connectivity index (χ1n) is 18.5. The van der Waals surface area contributed by atoms with Gasteiger partial charge in [-0.25, -0.2) is 0 Å². The number of nitrogens with zero attached hydrogens (tertiary/aromatic N) is 3. The molecule has 0 aliphatic heterocycles. The van der Waals surface area contributed by atoms with Crippen molar-refractivity contribution in [3.05, 3.63) is 199 Å². The molecule has 0 saturated heterocycles. The highest BCUT2D eigenvalue weighted by Gasteiger charge is 2.21. The third-order valence-electron chi connectivity index (χ3n) is 10.9. The highest BCUT2D eigenvalue weighted by atomic mass is 15.1. The van der Waals surface area contributed by atoms with Crippen LogP contribution in [0.15, 0.2) is 188 Å². The van der Waals surface area contributed by atoms with Crippen LogP contribution in [0.2, 0.25) is 0 Å². The number of hydrogen-bond donors (Lipinski definition) is 0. The molecular formula is C51H33N3. The molecule has 2 heterocycles. The van der Waals surface area contributed by atoms with Crippen molar-refractivity contribution in [2.75, 3.05) is 4.90 Å². The summed E-state index contributed by atoms with van der Waals surface area (Å²) in [5.74, 6) is 0. The molecule has 0 atom stereocenters. The van der Waals surface area contributed by atoms with Crippen molar-refractivity contribution < 1.29 is 0 Å². The van der Waals surface area contributed by atoms with E-state index in [4.69, 9.17) is 4.98 Å². The first-order chi connectivity index (χ1) is 26.8. The number of hydrogen-bond acceptors (Lipinski definition) is 2. The van der Waals surface area contributed by atoms with E-state index in [0.29, 0.717) is 0 Å². The van der Waals surface area contributed by atoms with Gasteiger partial charge in [0.05, 0.1) is 34.1 Å². The SMILES string of the molecule is C(=C\c1c2ccccc2c(N(c2ccccc2)c2ccccc2)c2ccccc12)/c1cc2ccc3cccc4c3c2c(c1)n4-c1cnc2ccccc2c1. The third-order valence-corrected chi connectivity index (χ3v) is 10.9. The minimum atomic E-state index is 0.999. The van der Waals surface area contributed by atoms with Crippen molar-refractivity contribution in [1.82, 2.24) is 9.55 Å². The monoisotopic (exact) mass is 687 g/mol. The maximum atomic E-state index is 4.87. The van der Waals surface area contributed by atoms with Crippen LogP contribution in [0.3, 0.4) is 0 Å². The second kappa shape index (κ2) is 12.2. The number of benzene rings is 9. The summed E-state index contributed by atoms with van der Waals surface area (Å²) in [4.78, 5) is 7.27. The molecule has 0 saturated carbocycles. The van der Waals surface area contributed by atoms with Crippen LogP contribution < -0.4 is 4.90 Å². The van der Waals surface area contributed by atoms with Crippen LogP contribution in [0, 0.1) is 0 Å². The van der Waals surface area contributed by atoms with Gasteiger partial charge in [0.2, 0.25) is 0 Å². The van der Waals surface area contributed by atoms with Crippen molar-refractivity contribution in [3.8, 4) is 5.69 Å². The molecule has 252 valence electrons. The lowest BCUT2D eigenvalue weighted by Crippen LogP contribution is -2.11. The summed E-state index contributed by atoms with van der Waals surface area (Å²) < 4.78 is 2.39. The average molecular weight is 688 g/mol. The number of rotatable bonds is 6. The molecule has 11 rings (SSSR count). The number of anilines is 3. The van der Waals surface area contributed by atoms with Gasteiger partial charge in [-0.3, -0.25) is 4.98 Å². The second-order valence-electron chi connectivity index (χ2n) is 14.0. The van der Waals surface area contributed by atoms with Crippen molar-refractivity contribution in [2.24, 2.45) is 0 Å². The molecule has 0 spiro atoms. The summed E-state index contributed by atoms with van der Waals surface area (Å²) in [5, 5.41) is 11.0. The van der Waals surface area contributed by atoms with Crippen LogP contribution in [0.1, 0.15) is 11.1 Å². The van der Waals surface area contributed by atoms with E-state index >= 15 is 0 Å². The Kier molecular flexibility index (Phi) is 6.86. The molecule has 3 heteroatoms. The van der Waals surface area contributed by atoms with Gasteiger partial charge in [0, 0.05) is 38.3 Å². The van der Waals surface area contributed by atoms with E-state index < -0.39 is 0 Å². The van der Waals surface area contributed by atoms with Gasteiger partial charge >= 0.3 is 0 Å². The fourth-order valence-corrected chi connectivity index (χ4v) is 8.57. The molecule has 11 aromatic rings. The predicted octanol–water partition coefficient (Wildman–Crippen LogP) is 13.9. The summed E-state index contributed by atoms with van der Waals surface area (Å²) in [6, 6.07) is 65.5. The van der Waals surface area contributed by atoms with Gasteiger partial charge in [0.25, 0.3) is 0 Å². The Bertz CT molecular complexity index is 3120. The Hall–Kier alpha value is -7.23. The molecule has 2 aromatic heterocycles. The normalized spacial score (nSPS) is 12.0. The summed E-state index contributed by atoms with van der Waals surface area (Å²) in [6.45, 7) is 0. The smallest absolute Gasteiger partial charge is 0.0703 e. The van der Waals surface area contributed by atoms with Gasteiger partial charge in [0.15, 0.2) is 0 Å². The maximum Gasteiger partial charge on any atom is 0.0703 e. The van der Waals surface area contributed by atoms with Crippen LogP contribution in [0.25, 0.3) is 82.9 Å². The quantitative estimate of drug-likeness (QED) is 0.0986. The number of aromatic nitrogens is 2. The lowest BCUT2D eigenvalue weighted by molar-refractivity contribution is 1.16. The van der Waals surface area contributed by atoms with Crippen LogP contribution >= 0.6 is 0 Å². The minimum absolute atomic E-state index is 0.999. The Morgan fingerprint density at radius 1 is 0.444 bits per heavy atom. The molecule has 0 fully saturated rings. The Balaban J connectivity index is 1.14. The van der Waals surface area contributed by atoms with Crippen molar-refractivity contribution in [1.29, 1.82) is 0 Å². The van der Waals surface area contributed by atoms with E-state index in [2.05, 4.69) is 198 Å². The van der Waals surface area contributed by atoms with E-state index in [1.165, 1.54) is 65.4 Å². The molecule has 0 aliphatic carbocycles. The zero-order valence-corrected chi connectivity index (χ0v) is 29.4. The van der Waals surface area contributed by atoms with Crippen molar-refractivity contribution in [2.45, 2.75) is 0 Å². The topological polar surface area (TPSA) is 21.1 Å².